The molecule has 0 saturated carbocycles. The maximum Gasteiger partial charge on any atom is 0.261 e. The lowest BCUT2D eigenvalue weighted by Gasteiger charge is -2.31. The molecule has 1 aromatic carbocycles. The molecule has 6 heteroatoms. The molecule has 20 heavy (non-hydrogen) atoms. The van der Waals surface area contributed by atoms with Crippen molar-refractivity contribution >= 4 is 11.8 Å². The summed E-state index contributed by atoms with van der Waals surface area (Å²) in [7, 11) is 3.28. The van der Waals surface area contributed by atoms with Crippen LogP contribution >= 0.6 is 0 Å². The summed E-state index contributed by atoms with van der Waals surface area (Å²) in [6, 6.07) is 7.13. The Morgan fingerprint density at radius 2 is 1.95 bits per heavy atom. The molecule has 1 aliphatic heterocycles. The predicted octanol–water partition coefficient (Wildman–Crippen LogP) is 0.375. The van der Waals surface area contributed by atoms with Crippen LogP contribution in [0.3, 0.4) is 0 Å². The third-order valence-corrected chi connectivity index (χ3v) is 3.23. The molecule has 0 aromatic heterocycles. The van der Waals surface area contributed by atoms with Gasteiger partial charge in [-0.15, -0.1) is 0 Å². The molecule has 1 heterocycles. The van der Waals surface area contributed by atoms with Crippen molar-refractivity contribution in [2.45, 2.75) is 0 Å². The summed E-state index contributed by atoms with van der Waals surface area (Å²) in [5, 5.41) is 0. The zero-order valence-corrected chi connectivity index (χ0v) is 11.7. The maximum atomic E-state index is 12.0. The SMILES string of the molecule is COc1ccccc1OCC(=O)N1CCN(C)C(=O)C1. The molecule has 0 atom stereocenters. The standard InChI is InChI=1S/C14H18N2O4/c1-15-7-8-16(9-13(15)17)14(18)10-20-12-6-4-3-5-11(12)19-2/h3-6H,7-10H2,1-2H3. The van der Waals surface area contributed by atoms with Gasteiger partial charge < -0.3 is 19.3 Å². The highest BCUT2D eigenvalue weighted by Gasteiger charge is 2.25. The van der Waals surface area contributed by atoms with Gasteiger partial charge in [0.05, 0.1) is 13.7 Å². The van der Waals surface area contributed by atoms with Crippen molar-refractivity contribution in [3.63, 3.8) is 0 Å². The number of benzene rings is 1. The van der Waals surface area contributed by atoms with Gasteiger partial charge in [0, 0.05) is 20.1 Å². The fourth-order valence-electron chi connectivity index (χ4n) is 1.94. The number of methoxy groups -OCH3 is 1. The van der Waals surface area contributed by atoms with E-state index < -0.39 is 0 Å². The Balaban J connectivity index is 1.91. The number of piperazine rings is 1. The third kappa shape index (κ3) is 3.20. The lowest BCUT2D eigenvalue weighted by Crippen LogP contribution is -2.51. The molecule has 0 bridgehead atoms. The summed E-state index contributed by atoms with van der Waals surface area (Å²) in [5.74, 6) is 0.845. The fraction of sp³-hybridized carbons (Fsp3) is 0.429. The Bertz CT molecular complexity index is 504. The minimum Gasteiger partial charge on any atom is -0.493 e. The van der Waals surface area contributed by atoms with Gasteiger partial charge in [0.15, 0.2) is 18.1 Å². The highest BCUT2D eigenvalue weighted by molar-refractivity contribution is 5.86. The molecular weight excluding hydrogens is 260 g/mol. The number of hydrogen-bond acceptors (Lipinski definition) is 4. The van der Waals surface area contributed by atoms with Crippen LogP contribution in [0, 0.1) is 0 Å². The van der Waals surface area contributed by atoms with Gasteiger partial charge in [0.2, 0.25) is 5.91 Å². The molecule has 1 fully saturated rings. The van der Waals surface area contributed by atoms with Crippen LogP contribution in [0.1, 0.15) is 0 Å². The second-order valence-electron chi connectivity index (χ2n) is 4.57. The number of rotatable bonds is 4. The summed E-state index contributed by atoms with van der Waals surface area (Å²) < 4.78 is 10.6. The number of hydrogen-bond donors (Lipinski definition) is 0. The van der Waals surface area contributed by atoms with E-state index >= 15 is 0 Å². The van der Waals surface area contributed by atoms with E-state index in [4.69, 9.17) is 9.47 Å². The number of nitrogens with zero attached hydrogens (tertiary/aromatic N) is 2. The first kappa shape index (κ1) is 14.2. The van der Waals surface area contributed by atoms with E-state index in [1.807, 2.05) is 12.1 Å². The van der Waals surface area contributed by atoms with Crippen LogP contribution in [0.15, 0.2) is 24.3 Å². The lowest BCUT2D eigenvalue weighted by atomic mass is 10.3. The zero-order valence-electron chi connectivity index (χ0n) is 11.7. The van der Waals surface area contributed by atoms with Gasteiger partial charge in [0.25, 0.3) is 5.91 Å². The average Bonchev–Trinajstić information content (AvgIpc) is 2.47. The number of likely N-dealkylation sites (N-methyl/N-ethyl adjacent to an activating group) is 1. The Labute approximate surface area is 117 Å². The molecule has 1 aliphatic rings. The van der Waals surface area contributed by atoms with Gasteiger partial charge in [-0.05, 0) is 12.1 Å². The fourth-order valence-corrected chi connectivity index (χ4v) is 1.94. The summed E-state index contributed by atoms with van der Waals surface area (Å²) >= 11 is 0. The van der Waals surface area contributed by atoms with Crippen molar-refractivity contribution in [1.82, 2.24) is 9.80 Å². The minimum atomic E-state index is -0.197. The average molecular weight is 278 g/mol. The van der Waals surface area contributed by atoms with Gasteiger partial charge >= 0.3 is 0 Å². The number of amides is 2. The van der Waals surface area contributed by atoms with E-state index in [2.05, 4.69) is 0 Å². The van der Waals surface area contributed by atoms with E-state index in [1.54, 1.807) is 31.2 Å². The Hall–Kier alpha value is -2.24. The number of para-hydroxylation sites is 2. The van der Waals surface area contributed by atoms with Crippen molar-refractivity contribution in [1.29, 1.82) is 0 Å². The molecule has 0 spiro atoms. The highest BCUT2D eigenvalue weighted by atomic mass is 16.5. The van der Waals surface area contributed by atoms with E-state index in [0.717, 1.165) is 0 Å². The first-order chi connectivity index (χ1) is 9.61. The van der Waals surface area contributed by atoms with Crippen LogP contribution in [-0.2, 0) is 9.59 Å². The van der Waals surface area contributed by atoms with Crippen LogP contribution in [0.5, 0.6) is 11.5 Å². The van der Waals surface area contributed by atoms with Crippen LogP contribution in [-0.4, -0.2) is 62.0 Å². The van der Waals surface area contributed by atoms with Gasteiger partial charge in [-0.25, -0.2) is 0 Å². The number of ether oxygens (including phenoxy) is 2. The van der Waals surface area contributed by atoms with Crippen LogP contribution in [0.25, 0.3) is 0 Å². The Kier molecular flexibility index (Phi) is 4.45. The van der Waals surface area contributed by atoms with E-state index in [0.29, 0.717) is 24.6 Å². The van der Waals surface area contributed by atoms with Gasteiger partial charge in [-0.3, -0.25) is 9.59 Å². The van der Waals surface area contributed by atoms with Crippen LogP contribution < -0.4 is 9.47 Å². The third-order valence-electron chi connectivity index (χ3n) is 3.23. The number of carbonyl (C=O) groups excluding carboxylic acids is 2. The molecule has 0 N–H and O–H groups in total. The molecule has 0 radical (unpaired) electrons. The topological polar surface area (TPSA) is 59.1 Å². The summed E-state index contributed by atoms with van der Waals surface area (Å²) in [4.78, 5) is 26.7. The van der Waals surface area contributed by atoms with Crippen molar-refractivity contribution in [2.75, 3.05) is 40.4 Å². The largest absolute Gasteiger partial charge is 0.493 e. The van der Waals surface area contributed by atoms with Gasteiger partial charge in [-0.1, -0.05) is 12.1 Å². The predicted molar refractivity (Wildman–Crippen MR) is 72.7 cm³/mol. The second-order valence-corrected chi connectivity index (χ2v) is 4.57. The van der Waals surface area contributed by atoms with Crippen molar-refractivity contribution < 1.29 is 19.1 Å². The van der Waals surface area contributed by atoms with Crippen molar-refractivity contribution in [3.8, 4) is 11.5 Å². The Morgan fingerprint density at radius 3 is 2.60 bits per heavy atom. The molecule has 1 saturated heterocycles. The molecule has 2 amide bonds. The van der Waals surface area contributed by atoms with Crippen LogP contribution in [0.4, 0.5) is 0 Å². The maximum absolute atomic E-state index is 12.0. The molecule has 108 valence electrons. The molecule has 0 aliphatic carbocycles. The van der Waals surface area contributed by atoms with E-state index in [-0.39, 0.29) is 25.0 Å². The smallest absolute Gasteiger partial charge is 0.261 e. The lowest BCUT2D eigenvalue weighted by molar-refractivity contribution is -0.145. The van der Waals surface area contributed by atoms with Gasteiger partial charge in [-0.2, -0.15) is 0 Å². The first-order valence-electron chi connectivity index (χ1n) is 6.39. The minimum absolute atomic E-state index is 0.0538. The second kappa shape index (κ2) is 6.27. The van der Waals surface area contributed by atoms with Crippen molar-refractivity contribution in [2.24, 2.45) is 0 Å². The highest BCUT2D eigenvalue weighted by Crippen LogP contribution is 2.25. The summed E-state index contributed by atoms with van der Waals surface area (Å²) in [6.07, 6.45) is 0. The quantitative estimate of drug-likeness (QED) is 0.798. The molecule has 6 nitrogen and oxygen atoms in total. The van der Waals surface area contributed by atoms with Crippen molar-refractivity contribution in [3.05, 3.63) is 24.3 Å². The van der Waals surface area contributed by atoms with Crippen LogP contribution in [0.2, 0.25) is 0 Å². The summed E-state index contributed by atoms with van der Waals surface area (Å²) in [6.45, 7) is 1.11. The molecule has 2 rings (SSSR count). The zero-order chi connectivity index (χ0) is 14.5. The summed E-state index contributed by atoms with van der Waals surface area (Å²) in [5.41, 5.74) is 0. The molecule has 0 unspecified atom stereocenters. The molecule has 1 aromatic rings. The molecular formula is C14H18N2O4. The monoisotopic (exact) mass is 278 g/mol. The Morgan fingerprint density at radius 1 is 1.25 bits per heavy atom. The van der Waals surface area contributed by atoms with Gasteiger partial charge in [0.1, 0.15) is 0 Å². The first-order valence-corrected chi connectivity index (χ1v) is 6.39. The normalized spacial score (nSPS) is 15.2. The number of carbonyl (C=O) groups is 2. The van der Waals surface area contributed by atoms with E-state index in [1.165, 1.54) is 4.90 Å². The van der Waals surface area contributed by atoms with E-state index in [9.17, 15) is 9.59 Å².